The molecule has 0 nitrogen and oxygen atoms in total. The van der Waals surface area contributed by atoms with Crippen molar-refractivity contribution in [3.05, 3.63) is 31.7 Å². The van der Waals surface area contributed by atoms with Crippen molar-refractivity contribution in [1.29, 1.82) is 0 Å². The van der Waals surface area contributed by atoms with Crippen LogP contribution >= 0.6 is 0 Å². The summed E-state index contributed by atoms with van der Waals surface area (Å²) in [5.74, 6) is 0.528. The molecular formula is C9H14. The summed E-state index contributed by atoms with van der Waals surface area (Å²) >= 11 is 0. The predicted octanol–water partition coefficient (Wildman–Crippen LogP) is 2.86. The predicted molar refractivity (Wildman–Crippen MR) is 42.0 cm³/mol. The Morgan fingerprint density at radius 1 is 1.33 bits per heavy atom. The maximum absolute atomic E-state index is 3.66. The molecule has 0 aromatic carbocycles. The molecule has 2 radical (unpaired) electrons. The zero-order valence-electron chi connectivity index (χ0n) is 6.06. The van der Waals surface area contributed by atoms with Gasteiger partial charge < -0.3 is 0 Å². The number of hydrogen-bond donors (Lipinski definition) is 0. The third kappa shape index (κ3) is 4.01. The van der Waals surface area contributed by atoms with Crippen molar-refractivity contribution in [3.63, 3.8) is 0 Å². The largest absolute Gasteiger partial charge is 0.103 e. The van der Waals surface area contributed by atoms with Gasteiger partial charge in [0.05, 0.1) is 0 Å². The fraction of sp³-hybridized carbons (Fsp3) is 0.444. The van der Waals surface area contributed by atoms with Crippen molar-refractivity contribution in [2.24, 2.45) is 5.92 Å². The zero-order chi connectivity index (χ0) is 7.11. The van der Waals surface area contributed by atoms with E-state index in [0.717, 1.165) is 12.8 Å². The summed E-state index contributed by atoms with van der Waals surface area (Å²) < 4.78 is 0. The first-order valence-corrected chi connectivity index (χ1v) is 3.24. The van der Waals surface area contributed by atoms with E-state index in [1.54, 1.807) is 0 Å². The molecule has 0 unspecified atom stereocenters. The van der Waals surface area contributed by atoms with Gasteiger partial charge in [-0.2, -0.15) is 0 Å². The molecular weight excluding hydrogens is 108 g/mol. The third-order valence-corrected chi connectivity index (χ3v) is 1.31. The first-order valence-electron chi connectivity index (χ1n) is 3.24. The van der Waals surface area contributed by atoms with Gasteiger partial charge in [0.2, 0.25) is 0 Å². The van der Waals surface area contributed by atoms with Gasteiger partial charge in [-0.1, -0.05) is 19.1 Å². The van der Waals surface area contributed by atoms with Crippen LogP contribution in [0.1, 0.15) is 19.8 Å². The molecule has 0 saturated carbocycles. The van der Waals surface area contributed by atoms with Crippen molar-refractivity contribution in [2.75, 3.05) is 0 Å². The summed E-state index contributed by atoms with van der Waals surface area (Å²) in [6.07, 6.45) is 9.04. The van der Waals surface area contributed by atoms with Gasteiger partial charge in [0.1, 0.15) is 0 Å². The van der Waals surface area contributed by atoms with Crippen LogP contribution in [0.25, 0.3) is 0 Å². The lowest BCUT2D eigenvalue weighted by Gasteiger charge is -2.06. The molecule has 0 heteroatoms. The van der Waals surface area contributed by atoms with Crippen LogP contribution in [0.2, 0.25) is 0 Å². The van der Waals surface area contributed by atoms with Crippen LogP contribution in [0.15, 0.2) is 25.3 Å². The molecule has 9 heavy (non-hydrogen) atoms. The molecule has 0 amide bonds. The van der Waals surface area contributed by atoms with Crippen LogP contribution in [0.4, 0.5) is 0 Å². The van der Waals surface area contributed by atoms with E-state index in [0.29, 0.717) is 5.92 Å². The van der Waals surface area contributed by atoms with Crippen molar-refractivity contribution < 1.29 is 0 Å². The maximum Gasteiger partial charge on any atom is -0.0167 e. The highest BCUT2D eigenvalue weighted by Crippen LogP contribution is 2.11. The topological polar surface area (TPSA) is 0 Å². The van der Waals surface area contributed by atoms with E-state index in [1.165, 1.54) is 0 Å². The van der Waals surface area contributed by atoms with E-state index in [9.17, 15) is 0 Å². The monoisotopic (exact) mass is 122 g/mol. The van der Waals surface area contributed by atoms with Crippen LogP contribution < -0.4 is 0 Å². The fourth-order valence-electron chi connectivity index (χ4n) is 0.734. The Bertz CT molecular complexity index is 72.0. The van der Waals surface area contributed by atoms with E-state index >= 15 is 0 Å². The summed E-state index contributed by atoms with van der Waals surface area (Å²) in [5, 5.41) is 0. The highest BCUT2D eigenvalue weighted by Gasteiger charge is 1.99. The van der Waals surface area contributed by atoms with E-state index in [2.05, 4.69) is 19.6 Å². The second-order valence-corrected chi connectivity index (χ2v) is 2.03. The Hall–Kier alpha value is -0.520. The normalized spacial score (nSPS) is 9.56. The lowest BCUT2D eigenvalue weighted by Crippen LogP contribution is -1.94. The first-order chi connectivity index (χ1) is 4.35. The minimum Gasteiger partial charge on any atom is -0.103 e. The Morgan fingerprint density at radius 3 is 2.00 bits per heavy atom. The maximum atomic E-state index is 3.66. The summed E-state index contributed by atoms with van der Waals surface area (Å²) in [6, 6.07) is 0. The van der Waals surface area contributed by atoms with Gasteiger partial charge in [-0.15, -0.1) is 13.2 Å². The molecule has 0 aromatic rings. The average molecular weight is 122 g/mol. The molecule has 0 spiro atoms. The van der Waals surface area contributed by atoms with Crippen molar-refractivity contribution in [1.82, 2.24) is 0 Å². The summed E-state index contributed by atoms with van der Waals surface area (Å²) in [7, 11) is 0. The Morgan fingerprint density at radius 2 is 1.78 bits per heavy atom. The van der Waals surface area contributed by atoms with Crippen LogP contribution in [-0.2, 0) is 0 Å². The van der Waals surface area contributed by atoms with Crippen LogP contribution in [-0.4, -0.2) is 0 Å². The highest BCUT2D eigenvalue weighted by molar-refractivity contribution is 4.85. The molecule has 0 aliphatic carbocycles. The zero-order valence-corrected chi connectivity index (χ0v) is 6.06. The lowest BCUT2D eigenvalue weighted by molar-refractivity contribution is 0.628. The van der Waals surface area contributed by atoms with E-state index in [4.69, 9.17) is 0 Å². The fourth-order valence-corrected chi connectivity index (χ4v) is 0.734. The van der Waals surface area contributed by atoms with E-state index < -0.39 is 0 Å². The summed E-state index contributed by atoms with van der Waals surface area (Å²) in [5.41, 5.74) is 0. The summed E-state index contributed by atoms with van der Waals surface area (Å²) in [6.45, 7) is 9.27. The molecule has 0 aromatic heterocycles. The van der Waals surface area contributed by atoms with E-state index in [-0.39, 0.29) is 0 Å². The molecule has 0 N–H and O–H groups in total. The van der Waals surface area contributed by atoms with Crippen molar-refractivity contribution >= 4 is 0 Å². The molecule has 0 fully saturated rings. The van der Waals surface area contributed by atoms with Crippen LogP contribution in [0, 0.1) is 12.3 Å². The lowest BCUT2D eigenvalue weighted by atomic mass is 9.99. The Labute approximate surface area is 58.3 Å². The molecule has 0 bridgehead atoms. The number of hydrogen-bond acceptors (Lipinski definition) is 0. The second-order valence-electron chi connectivity index (χ2n) is 2.03. The SMILES string of the molecule is C=CCC([C]C)CC=C. The quantitative estimate of drug-likeness (QED) is 0.492. The number of allylic oxidation sites excluding steroid dienone is 2. The molecule has 0 rings (SSSR count). The van der Waals surface area contributed by atoms with Crippen molar-refractivity contribution in [2.45, 2.75) is 19.8 Å². The minimum atomic E-state index is 0.528. The smallest absolute Gasteiger partial charge is 0.0167 e. The van der Waals surface area contributed by atoms with Gasteiger partial charge in [-0.3, -0.25) is 0 Å². The first kappa shape index (κ1) is 8.48. The molecule has 50 valence electrons. The average Bonchev–Trinajstić information content (AvgIpc) is 1.88. The van der Waals surface area contributed by atoms with Crippen molar-refractivity contribution in [3.8, 4) is 0 Å². The van der Waals surface area contributed by atoms with Crippen LogP contribution in [0.3, 0.4) is 0 Å². The molecule has 0 atom stereocenters. The standard InChI is InChI=1S/C9H14/c1-4-7-9(6-3)8-5-2/h4-5,9H,1-2,7-8H2,3H3. The Balaban J connectivity index is 3.39. The van der Waals surface area contributed by atoms with Gasteiger partial charge in [0.25, 0.3) is 0 Å². The number of rotatable bonds is 5. The third-order valence-electron chi connectivity index (χ3n) is 1.31. The van der Waals surface area contributed by atoms with Gasteiger partial charge in [0, 0.05) is 0 Å². The molecule has 0 heterocycles. The van der Waals surface area contributed by atoms with E-state index in [1.807, 2.05) is 19.1 Å². The van der Waals surface area contributed by atoms with Gasteiger partial charge in [-0.25, -0.2) is 0 Å². The highest BCUT2D eigenvalue weighted by atomic mass is 14.0. The molecule has 0 aliphatic rings. The van der Waals surface area contributed by atoms with Crippen LogP contribution in [0.5, 0.6) is 0 Å². The summed E-state index contributed by atoms with van der Waals surface area (Å²) in [4.78, 5) is 0. The minimum absolute atomic E-state index is 0.528. The molecule has 0 aliphatic heterocycles. The Kier molecular flexibility index (Phi) is 5.29. The van der Waals surface area contributed by atoms with Gasteiger partial charge in [0.15, 0.2) is 0 Å². The molecule has 0 saturated heterocycles. The van der Waals surface area contributed by atoms with Gasteiger partial charge >= 0.3 is 0 Å². The second kappa shape index (κ2) is 5.61. The van der Waals surface area contributed by atoms with Gasteiger partial charge in [-0.05, 0) is 25.2 Å².